The summed E-state index contributed by atoms with van der Waals surface area (Å²) in [6, 6.07) is 17.1. The minimum absolute atomic E-state index is 0. The van der Waals surface area contributed by atoms with Crippen LogP contribution < -0.4 is 51.4 Å². The average Bonchev–Trinajstić information content (AvgIpc) is 2.47. The molecule has 2 rings (SSSR count). The maximum absolute atomic E-state index is 11.8. The first kappa shape index (κ1) is 16.6. The van der Waals surface area contributed by atoms with Crippen LogP contribution >= 0.6 is 0 Å². The van der Waals surface area contributed by atoms with Crippen LogP contribution in [0.4, 0.5) is 0 Å². The van der Waals surface area contributed by atoms with Crippen molar-refractivity contribution in [1.29, 1.82) is 0 Å². The third-order valence-electron chi connectivity index (χ3n) is 2.79. The van der Waals surface area contributed by atoms with E-state index in [2.05, 4.69) is 4.65 Å². The molecule has 1 N–H and O–H groups in total. The van der Waals surface area contributed by atoms with E-state index in [1.807, 2.05) is 0 Å². The van der Waals surface area contributed by atoms with Crippen LogP contribution in [0, 0.1) is 0 Å². The van der Waals surface area contributed by atoms with Crippen molar-refractivity contribution in [3.05, 3.63) is 71.8 Å². The topological polar surface area (TPSA) is 46.5 Å². The van der Waals surface area contributed by atoms with E-state index in [-0.39, 0.29) is 52.8 Å². The molecular formula is C14H12BKO3. The second kappa shape index (κ2) is 7.38. The molecule has 2 radical (unpaired) electrons. The van der Waals surface area contributed by atoms with Crippen molar-refractivity contribution in [2.45, 2.75) is 5.60 Å². The molecular weight excluding hydrogens is 266 g/mol. The van der Waals surface area contributed by atoms with Crippen molar-refractivity contribution in [2.75, 3.05) is 0 Å². The summed E-state index contributed by atoms with van der Waals surface area (Å²) in [5, 5.41) is 10.7. The van der Waals surface area contributed by atoms with E-state index in [1.165, 1.54) is 0 Å². The molecule has 2 aromatic carbocycles. The Kier molecular flexibility index (Phi) is 6.46. The minimum atomic E-state index is -1.89. The number of carbonyl (C=O) groups excluding carboxylic acids is 1. The quantitative estimate of drug-likeness (QED) is 0.707. The summed E-state index contributed by atoms with van der Waals surface area (Å²) in [6.07, 6.45) is 0. The zero-order valence-electron chi connectivity index (χ0n) is 11.6. The number of benzene rings is 2. The zero-order valence-corrected chi connectivity index (χ0v) is 13.7. The van der Waals surface area contributed by atoms with E-state index < -0.39 is 11.6 Å². The van der Waals surface area contributed by atoms with Crippen LogP contribution in [-0.2, 0) is 15.0 Å². The summed E-state index contributed by atoms with van der Waals surface area (Å²) in [6.45, 7) is 0. The van der Waals surface area contributed by atoms with Crippen LogP contribution in [-0.4, -0.2) is 19.1 Å². The third-order valence-corrected chi connectivity index (χ3v) is 2.79. The minimum Gasteiger partial charge on any atom is -1.00 e. The summed E-state index contributed by atoms with van der Waals surface area (Å²) < 4.78 is 4.24. The molecule has 0 aliphatic rings. The van der Waals surface area contributed by atoms with Gasteiger partial charge in [-0.15, -0.1) is 0 Å². The van der Waals surface area contributed by atoms with Gasteiger partial charge in [-0.1, -0.05) is 60.7 Å². The van der Waals surface area contributed by atoms with Gasteiger partial charge in [-0.2, -0.15) is 0 Å². The first-order valence-electron chi connectivity index (χ1n) is 5.44. The second-order valence-corrected chi connectivity index (χ2v) is 3.85. The summed E-state index contributed by atoms with van der Waals surface area (Å²) in [7, 11) is 4.92. The van der Waals surface area contributed by atoms with Gasteiger partial charge in [0.2, 0.25) is 5.60 Å². The predicted octanol–water partition coefficient (Wildman–Crippen LogP) is -1.33. The molecule has 0 spiro atoms. The molecule has 90 valence electrons. The van der Waals surface area contributed by atoms with E-state index in [0.717, 1.165) is 0 Å². The SMILES string of the molecule is [B]OC(=O)C(O)(c1ccccc1)c1ccccc1.[H-].[K+]. The average molecular weight is 278 g/mol. The molecule has 0 aliphatic heterocycles. The van der Waals surface area contributed by atoms with Crippen molar-refractivity contribution in [2.24, 2.45) is 0 Å². The zero-order chi connectivity index (χ0) is 13.0. The fourth-order valence-electron chi connectivity index (χ4n) is 1.85. The number of hydrogen-bond acceptors (Lipinski definition) is 3. The third kappa shape index (κ3) is 3.37. The predicted molar refractivity (Wildman–Crippen MR) is 68.8 cm³/mol. The molecule has 0 bridgehead atoms. The maximum atomic E-state index is 11.8. The largest absolute Gasteiger partial charge is 1.00 e. The molecule has 5 heteroatoms. The van der Waals surface area contributed by atoms with Crippen molar-refractivity contribution in [3.63, 3.8) is 0 Å². The van der Waals surface area contributed by atoms with Gasteiger partial charge in [0.25, 0.3) is 0 Å². The van der Waals surface area contributed by atoms with Gasteiger partial charge in [0.1, 0.15) is 0 Å². The maximum Gasteiger partial charge on any atom is 1.00 e. The van der Waals surface area contributed by atoms with Gasteiger partial charge in [-0.25, -0.2) is 4.79 Å². The van der Waals surface area contributed by atoms with Crippen LogP contribution in [0.5, 0.6) is 0 Å². The number of aliphatic hydroxyl groups is 1. The Hall–Kier alpha value is -0.429. The monoisotopic (exact) mass is 278 g/mol. The fraction of sp³-hybridized carbons (Fsp3) is 0.0714. The normalized spacial score (nSPS) is 10.4. The first-order chi connectivity index (χ1) is 8.69. The van der Waals surface area contributed by atoms with Crippen LogP contribution in [0.1, 0.15) is 12.6 Å². The first-order valence-corrected chi connectivity index (χ1v) is 5.44. The number of hydrogen-bond donors (Lipinski definition) is 1. The van der Waals surface area contributed by atoms with E-state index in [4.69, 9.17) is 8.05 Å². The molecule has 2 aromatic rings. The van der Waals surface area contributed by atoms with E-state index in [0.29, 0.717) is 11.1 Å². The Bertz CT molecular complexity index is 497. The van der Waals surface area contributed by atoms with Crippen molar-refractivity contribution < 1.29 is 67.4 Å². The van der Waals surface area contributed by atoms with Gasteiger partial charge in [-0.3, -0.25) is 0 Å². The summed E-state index contributed by atoms with van der Waals surface area (Å²) in [4.78, 5) is 11.8. The molecule has 0 unspecified atom stereocenters. The van der Waals surface area contributed by atoms with Gasteiger partial charge in [0.15, 0.2) is 0 Å². The van der Waals surface area contributed by atoms with Crippen molar-refractivity contribution in [3.8, 4) is 0 Å². The van der Waals surface area contributed by atoms with Crippen LogP contribution in [0.15, 0.2) is 60.7 Å². The molecule has 0 fully saturated rings. The molecule has 0 amide bonds. The number of rotatable bonds is 3. The molecule has 19 heavy (non-hydrogen) atoms. The fourth-order valence-corrected chi connectivity index (χ4v) is 1.85. The number of carbonyl (C=O) groups is 1. The molecule has 0 heterocycles. The standard InChI is InChI=1S/C14H11BO3.K.H/c15-18-13(16)14(17,11-7-3-1-4-8-11)12-9-5-2-6-10-12;;/h1-10,17H;;/q;+1;-1. The van der Waals surface area contributed by atoms with Crippen molar-refractivity contribution >= 4 is 14.0 Å². The van der Waals surface area contributed by atoms with E-state index in [1.54, 1.807) is 60.7 Å². The van der Waals surface area contributed by atoms with Gasteiger partial charge in [0.05, 0.1) is 0 Å². The molecule has 0 aromatic heterocycles. The van der Waals surface area contributed by atoms with E-state index >= 15 is 0 Å². The molecule has 0 saturated carbocycles. The summed E-state index contributed by atoms with van der Waals surface area (Å²) >= 11 is 0. The van der Waals surface area contributed by atoms with Crippen LogP contribution in [0.25, 0.3) is 0 Å². The Morgan fingerprint density at radius 1 is 1.00 bits per heavy atom. The summed E-state index contributed by atoms with van der Waals surface area (Å²) in [5.41, 5.74) is -1.07. The molecule has 0 aliphatic carbocycles. The Balaban J connectivity index is 0.00000180. The van der Waals surface area contributed by atoms with Crippen molar-refractivity contribution in [1.82, 2.24) is 0 Å². The summed E-state index contributed by atoms with van der Waals surface area (Å²) in [5.74, 6) is -0.917. The van der Waals surface area contributed by atoms with E-state index in [9.17, 15) is 9.90 Å². The smallest absolute Gasteiger partial charge is 1.00 e. The van der Waals surface area contributed by atoms with Crippen LogP contribution in [0.3, 0.4) is 0 Å². The Morgan fingerprint density at radius 3 is 1.68 bits per heavy atom. The molecule has 0 atom stereocenters. The second-order valence-electron chi connectivity index (χ2n) is 3.85. The molecule has 0 saturated heterocycles. The van der Waals surface area contributed by atoms with Gasteiger partial charge in [-0.05, 0) is 11.1 Å². The van der Waals surface area contributed by atoms with Crippen LogP contribution in [0.2, 0.25) is 0 Å². The van der Waals surface area contributed by atoms with Gasteiger partial charge >= 0.3 is 65.4 Å². The Morgan fingerprint density at radius 2 is 1.37 bits per heavy atom. The molecule has 3 nitrogen and oxygen atoms in total. The van der Waals surface area contributed by atoms with Gasteiger partial charge < -0.3 is 11.2 Å². The van der Waals surface area contributed by atoms with Gasteiger partial charge in [0, 0.05) is 0 Å². The Labute approximate surface area is 157 Å².